The zero-order valence-electron chi connectivity index (χ0n) is 9.78. The predicted octanol–water partition coefficient (Wildman–Crippen LogP) is 1.65. The molecule has 1 aromatic heterocycles. The highest BCUT2D eigenvalue weighted by atomic mass is 32.1. The quantitative estimate of drug-likeness (QED) is 0.872. The Bertz CT molecular complexity index is 335. The van der Waals surface area contributed by atoms with Crippen molar-refractivity contribution in [2.24, 2.45) is 0 Å². The molecule has 16 heavy (non-hydrogen) atoms. The second-order valence-electron chi connectivity index (χ2n) is 3.78. The van der Waals surface area contributed by atoms with Crippen molar-refractivity contribution < 1.29 is 9.47 Å². The van der Waals surface area contributed by atoms with Crippen molar-refractivity contribution in [1.82, 2.24) is 10.3 Å². The van der Waals surface area contributed by atoms with Crippen LogP contribution in [0.3, 0.4) is 0 Å². The molecule has 0 aliphatic carbocycles. The van der Waals surface area contributed by atoms with Gasteiger partial charge in [-0.15, -0.1) is 11.3 Å². The zero-order valence-corrected chi connectivity index (χ0v) is 10.6. The molecule has 1 unspecified atom stereocenters. The summed E-state index contributed by atoms with van der Waals surface area (Å²) >= 11 is 1.73. The summed E-state index contributed by atoms with van der Waals surface area (Å²) < 4.78 is 11.0. The van der Waals surface area contributed by atoms with Gasteiger partial charge in [-0.05, 0) is 13.5 Å². The molecule has 1 aliphatic heterocycles. The molecular formula is C11H18N2O2S. The highest BCUT2D eigenvalue weighted by Crippen LogP contribution is 2.27. The minimum absolute atomic E-state index is 0.0350. The topological polar surface area (TPSA) is 43.4 Å². The Morgan fingerprint density at radius 2 is 2.38 bits per heavy atom. The van der Waals surface area contributed by atoms with Crippen LogP contribution in [-0.4, -0.2) is 31.3 Å². The van der Waals surface area contributed by atoms with Crippen LogP contribution in [0.2, 0.25) is 0 Å². The standard InChI is InChI=1S/C11H18N2O2S/c1-3-12-6-10-8(2)13-11(16-10)9-7-14-4-5-15-9/h9,12H,3-7H2,1-2H3. The van der Waals surface area contributed by atoms with E-state index in [2.05, 4.69) is 24.1 Å². The van der Waals surface area contributed by atoms with Gasteiger partial charge in [0.15, 0.2) is 0 Å². The molecular weight excluding hydrogens is 224 g/mol. The van der Waals surface area contributed by atoms with Gasteiger partial charge in [-0.25, -0.2) is 4.98 Å². The van der Waals surface area contributed by atoms with Crippen molar-refractivity contribution >= 4 is 11.3 Å². The Morgan fingerprint density at radius 3 is 3.06 bits per heavy atom. The lowest BCUT2D eigenvalue weighted by atomic mass is 10.3. The van der Waals surface area contributed by atoms with Crippen LogP contribution in [0.15, 0.2) is 0 Å². The Morgan fingerprint density at radius 1 is 1.50 bits per heavy atom. The van der Waals surface area contributed by atoms with E-state index in [1.54, 1.807) is 11.3 Å². The number of aryl methyl sites for hydroxylation is 1. The minimum Gasteiger partial charge on any atom is -0.376 e. The second-order valence-corrected chi connectivity index (χ2v) is 4.89. The molecule has 0 radical (unpaired) electrons. The number of nitrogens with one attached hydrogen (secondary N) is 1. The molecule has 2 heterocycles. The van der Waals surface area contributed by atoms with E-state index in [9.17, 15) is 0 Å². The van der Waals surface area contributed by atoms with Crippen molar-refractivity contribution in [3.05, 3.63) is 15.6 Å². The molecule has 0 amide bonds. The number of hydrogen-bond donors (Lipinski definition) is 1. The van der Waals surface area contributed by atoms with E-state index in [0.29, 0.717) is 19.8 Å². The first-order valence-electron chi connectivity index (χ1n) is 5.67. The van der Waals surface area contributed by atoms with Gasteiger partial charge in [0.25, 0.3) is 0 Å². The third kappa shape index (κ3) is 2.79. The fraction of sp³-hybridized carbons (Fsp3) is 0.727. The van der Waals surface area contributed by atoms with Gasteiger partial charge < -0.3 is 14.8 Å². The van der Waals surface area contributed by atoms with Gasteiger partial charge in [0.2, 0.25) is 0 Å². The van der Waals surface area contributed by atoms with Crippen LogP contribution in [0.25, 0.3) is 0 Å². The maximum absolute atomic E-state index is 5.64. The Balaban J connectivity index is 2.03. The molecule has 4 nitrogen and oxygen atoms in total. The third-order valence-corrected chi connectivity index (χ3v) is 3.79. The van der Waals surface area contributed by atoms with Crippen molar-refractivity contribution in [2.45, 2.75) is 26.5 Å². The highest BCUT2D eigenvalue weighted by molar-refractivity contribution is 7.11. The predicted molar refractivity (Wildman–Crippen MR) is 63.7 cm³/mol. The number of aromatic nitrogens is 1. The summed E-state index contributed by atoms with van der Waals surface area (Å²) in [6.07, 6.45) is 0.0350. The lowest BCUT2D eigenvalue weighted by Gasteiger charge is -2.20. The van der Waals surface area contributed by atoms with Crippen molar-refractivity contribution in [3.8, 4) is 0 Å². The van der Waals surface area contributed by atoms with E-state index < -0.39 is 0 Å². The summed E-state index contributed by atoms with van der Waals surface area (Å²) in [6.45, 7) is 8.04. The lowest BCUT2D eigenvalue weighted by molar-refractivity contribution is -0.0902. The van der Waals surface area contributed by atoms with Crippen molar-refractivity contribution in [2.75, 3.05) is 26.4 Å². The smallest absolute Gasteiger partial charge is 0.132 e. The molecule has 0 aromatic carbocycles. The first kappa shape index (κ1) is 12.0. The van der Waals surface area contributed by atoms with Crippen LogP contribution in [0.5, 0.6) is 0 Å². The molecule has 0 saturated carbocycles. The average molecular weight is 242 g/mol. The lowest BCUT2D eigenvalue weighted by Crippen LogP contribution is -2.21. The Kier molecular flexibility index (Phi) is 4.29. The van der Waals surface area contributed by atoms with E-state index in [0.717, 1.165) is 23.8 Å². The minimum atomic E-state index is 0.0350. The molecule has 1 atom stereocenters. The van der Waals surface area contributed by atoms with Crippen LogP contribution in [0, 0.1) is 6.92 Å². The highest BCUT2D eigenvalue weighted by Gasteiger charge is 2.21. The Labute approximate surface area is 100.0 Å². The Hall–Kier alpha value is -0.490. The third-order valence-electron chi connectivity index (χ3n) is 2.54. The van der Waals surface area contributed by atoms with Gasteiger partial charge in [-0.3, -0.25) is 0 Å². The maximum Gasteiger partial charge on any atom is 0.132 e. The summed E-state index contributed by atoms with van der Waals surface area (Å²) in [5, 5.41) is 4.37. The normalized spacial score (nSPS) is 21.2. The van der Waals surface area contributed by atoms with Gasteiger partial charge in [0.1, 0.15) is 11.1 Å². The molecule has 1 fully saturated rings. The molecule has 1 aliphatic rings. The van der Waals surface area contributed by atoms with E-state index in [4.69, 9.17) is 9.47 Å². The van der Waals surface area contributed by atoms with Gasteiger partial charge in [-0.1, -0.05) is 6.92 Å². The molecule has 0 bridgehead atoms. The molecule has 90 valence electrons. The maximum atomic E-state index is 5.64. The van der Waals surface area contributed by atoms with Crippen molar-refractivity contribution in [1.29, 1.82) is 0 Å². The second kappa shape index (κ2) is 5.72. The number of nitrogens with zero attached hydrogens (tertiary/aromatic N) is 1. The van der Waals surface area contributed by atoms with Crippen LogP contribution in [0.4, 0.5) is 0 Å². The van der Waals surface area contributed by atoms with Crippen LogP contribution in [-0.2, 0) is 16.0 Å². The van der Waals surface area contributed by atoms with E-state index in [1.165, 1.54) is 4.88 Å². The summed E-state index contributed by atoms with van der Waals surface area (Å²) in [5.74, 6) is 0. The largest absolute Gasteiger partial charge is 0.376 e. The zero-order chi connectivity index (χ0) is 11.4. The van der Waals surface area contributed by atoms with Gasteiger partial charge in [0.05, 0.1) is 25.5 Å². The molecule has 2 rings (SSSR count). The summed E-state index contributed by atoms with van der Waals surface area (Å²) in [7, 11) is 0. The molecule has 1 N–H and O–H groups in total. The fourth-order valence-electron chi connectivity index (χ4n) is 1.62. The van der Waals surface area contributed by atoms with Crippen LogP contribution in [0.1, 0.15) is 28.6 Å². The SMILES string of the molecule is CCNCc1sc(C2COCCO2)nc1C. The van der Waals surface area contributed by atoms with Gasteiger partial charge in [-0.2, -0.15) is 0 Å². The van der Waals surface area contributed by atoms with Gasteiger partial charge in [0, 0.05) is 11.4 Å². The average Bonchev–Trinajstić information content (AvgIpc) is 2.69. The molecule has 5 heteroatoms. The first-order valence-corrected chi connectivity index (χ1v) is 6.49. The first-order chi connectivity index (χ1) is 7.81. The molecule has 1 saturated heterocycles. The van der Waals surface area contributed by atoms with E-state index in [-0.39, 0.29) is 6.10 Å². The molecule has 1 aromatic rings. The summed E-state index contributed by atoms with van der Waals surface area (Å²) in [6, 6.07) is 0. The van der Waals surface area contributed by atoms with E-state index >= 15 is 0 Å². The monoisotopic (exact) mass is 242 g/mol. The number of thiazole rings is 1. The van der Waals surface area contributed by atoms with Crippen LogP contribution >= 0.6 is 11.3 Å². The van der Waals surface area contributed by atoms with E-state index in [1.807, 2.05) is 0 Å². The summed E-state index contributed by atoms with van der Waals surface area (Å²) in [5.41, 5.74) is 1.11. The van der Waals surface area contributed by atoms with Crippen molar-refractivity contribution in [3.63, 3.8) is 0 Å². The number of hydrogen-bond acceptors (Lipinski definition) is 5. The molecule has 0 spiro atoms. The number of rotatable bonds is 4. The number of ether oxygens (including phenoxy) is 2. The van der Waals surface area contributed by atoms with Gasteiger partial charge >= 0.3 is 0 Å². The fourth-order valence-corrected chi connectivity index (χ4v) is 2.69. The summed E-state index contributed by atoms with van der Waals surface area (Å²) in [4.78, 5) is 5.86. The van der Waals surface area contributed by atoms with Crippen LogP contribution < -0.4 is 5.32 Å².